The van der Waals surface area contributed by atoms with Crippen LogP contribution in [0.4, 0.5) is 5.69 Å². The zero-order valence-electron chi connectivity index (χ0n) is 8.38. The molecule has 3 aromatic rings. The zero-order chi connectivity index (χ0) is 11.1. The van der Waals surface area contributed by atoms with Gasteiger partial charge in [0.1, 0.15) is 5.69 Å². The molecule has 4 nitrogen and oxygen atoms in total. The number of hydrogen-bond acceptors (Lipinski definition) is 3. The van der Waals surface area contributed by atoms with Gasteiger partial charge in [0.15, 0.2) is 0 Å². The monoisotopic (exact) mass is 213 g/mol. The van der Waals surface area contributed by atoms with Crippen LogP contribution >= 0.6 is 0 Å². The number of fused-ring (bicyclic) bond motifs is 2. The summed E-state index contributed by atoms with van der Waals surface area (Å²) in [7, 11) is 0. The summed E-state index contributed by atoms with van der Waals surface area (Å²) in [4.78, 5) is 12.1. The fourth-order valence-electron chi connectivity index (χ4n) is 1.79. The van der Waals surface area contributed by atoms with Crippen molar-refractivity contribution < 1.29 is 8.84 Å². The second kappa shape index (κ2) is 3.06. The first kappa shape index (κ1) is 8.91. The van der Waals surface area contributed by atoms with E-state index < -0.39 is 0 Å². The van der Waals surface area contributed by atoms with Crippen molar-refractivity contribution in [1.29, 1.82) is 0 Å². The molecule has 0 amide bonds. The Morgan fingerprint density at radius 3 is 2.62 bits per heavy atom. The molecule has 78 valence electrons. The van der Waals surface area contributed by atoms with Gasteiger partial charge in [-0.3, -0.25) is 0 Å². The van der Waals surface area contributed by atoms with Crippen LogP contribution in [0.5, 0.6) is 0 Å². The third kappa shape index (κ3) is 1.10. The van der Waals surface area contributed by atoms with E-state index in [-0.39, 0.29) is 0 Å². The van der Waals surface area contributed by atoms with Crippen LogP contribution in [-0.2, 0) is 0 Å². The lowest BCUT2D eigenvalue weighted by atomic mass is 10.2. The average molecular weight is 213 g/mol. The lowest BCUT2D eigenvalue weighted by Crippen LogP contribution is -2.17. The number of nitrogen functional groups attached to an aromatic ring is 1. The predicted octanol–water partition coefficient (Wildman–Crippen LogP) is 2.08. The van der Waals surface area contributed by atoms with Gasteiger partial charge in [0.25, 0.3) is 0 Å². The highest BCUT2D eigenvalue weighted by Gasteiger charge is 2.17. The van der Waals surface area contributed by atoms with Crippen LogP contribution in [-0.4, -0.2) is 0 Å². The highest BCUT2D eigenvalue weighted by molar-refractivity contribution is 5.85. The highest BCUT2D eigenvalue weighted by atomic mass is 16.3. The van der Waals surface area contributed by atoms with Crippen molar-refractivity contribution in [3.05, 3.63) is 47.4 Å². The summed E-state index contributed by atoms with van der Waals surface area (Å²) >= 11 is 0. The zero-order valence-corrected chi connectivity index (χ0v) is 8.38. The molecule has 0 fully saturated rings. The van der Waals surface area contributed by atoms with Gasteiger partial charge >= 0.3 is 11.0 Å². The lowest BCUT2D eigenvalue weighted by molar-refractivity contribution is -0.433. The molecule has 3 rings (SSSR count). The van der Waals surface area contributed by atoms with Crippen LogP contribution in [0.25, 0.3) is 22.2 Å². The Labute approximate surface area is 90.5 Å². The molecule has 0 aliphatic carbocycles. The predicted molar refractivity (Wildman–Crippen MR) is 61.5 cm³/mol. The third-order valence-corrected chi connectivity index (χ3v) is 2.54. The van der Waals surface area contributed by atoms with Crippen LogP contribution in [0.15, 0.2) is 46.9 Å². The van der Waals surface area contributed by atoms with Gasteiger partial charge in [0.2, 0.25) is 11.2 Å². The minimum absolute atomic E-state index is 0.376. The smallest absolute Gasteiger partial charge is 0.328 e. The molecule has 2 aromatic carbocycles. The lowest BCUT2D eigenvalue weighted by Gasteiger charge is -1.95. The second-order valence-electron chi connectivity index (χ2n) is 3.56. The van der Waals surface area contributed by atoms with Crippen molar-refractivity contribution in [3.63, 3.8) is 0 Å². The number of hydrogen-bond donors (Lipinski definition) is 1. The standard InChI is InChI=1S/C12H9N2O2/c13-8-4-3-7-11-12(8)14(15)9-5-1-2-6-10(9)16-11/h1-7H,13H2/q+1. The summed E-state index contributed by atoms with van der Waals surface area (Å²) in [6, 6.07) is 12.2. The number of rotatable bonds is 0. The van der Waals surface area contributed by atoms with Crippen molar-refractivity contribution in [2.24, 2.45) is 0 Å². The van der Waals surface area contributed by atoms with Crippen LogP contribution in [0.2, 0.25) is 0 Å². The quantitative estimate of drug-likeness (QED) is 0.353. The van der Waals surface area contributed by atoms with E-state index in [0.717, 1.165) is 4.43 Å². The summed E-state index contributed by atoms with van der Waals surface area (Å²) in [6.45, 7) is 0. The largest absolute Gasteiger partial charge is 0.443 e. The Morgan fingerprint density at radius 1 is 1.00 bits per heavy atom. The third-order valence-electron chi connectivity index (χ3n) is 2.54. The van der Waals surface area contributed by atoms with E-state index in [9.17, 15) is 4.91 Å². The molecule has 4 heteroatoms. The maximum Gasteiger partial charge on any atom is 0.328 e. The minimum atomic E-state index is 0.376. The van der Waals surface area contributed by atoms with E-state index in [1.54, 1.807) is 36.4 Å². The first-order valence-corrected chi connectivity index (χ1v) is 4.90. The number of para-hydroxylation sites is 3. The topological polar surface area (TPSA) is 62.1 Å². The van der Waals surface area contributed by atoms with Gasteiger partial charge in [-0.2, -0.15) is 0 Å². The van der Waals surface area contributed by atoms with Crippen LogP contribution in [0.1, 0.15) is 0 Å². The number of anilines is 1. The molecule has 0 atom stereocenters. The van der Waals surface area contributed by atoms with Crippen LogP contribution in [0.3, 0.4) is 0 Å². The van der Waals surface area contributed by atoms with E-state index in [1.165, 1.54) is 0 Å². The fourth-order valence-corrected chi connectivity index (χ4v) is 1.79. The molecule has 0 spiro atoms. The second-order valence-corrected chi connectivity index (χ2v) is 3.56. The minimum Gasteiger partial charge on any atom is -0.443 e. The fraction of sp³-hybridized carbons (Fsp3) is 0. The Balaban J connectivity index is 2.67. The van der Waals surface area contributed by atoms with E-state index >= 15 is 0 Å². The SMILES string of the molecule is Nc1cccc2oc3ccccc3[n+](=O)c12. The van der Waals surface area contributed by atoms with Gasteiger partial charge in [0, 0.05) is 11.0 Å². The average Bonchev–Trinajstić information content (AvgIpc) is 2.29. The highest BCUT2D eigenvalue weighted by Crippen LogP contribution is 2.20. The van der Waals surface area contributed by atoms with Gasteiger partial charge in [0.05, 0.1) is 4.43 Å². The van der Waals surface area contributed by atoms with Crippen molar-refractivity contribution in [2.75, 3.05) is 5.73 Å². The molecule has 0 aliphatic rings. The molecule has 0 aliphatic heterocycles. The molecule has 16 heavy (non-hydrogen) atoms. The molecule has 1 heterocycles. The molecular weight excluding hydrogens is 204 g/mol. The Hall–Kier alpha value is -2.36. The number of nitrogens with zero attached hydrogens (tertiary/aromatic N) is 1. The molecule has 1 aromatic heterocycles. The molecule has 0 saturated heterocycles. The molecule has 2 N–H and O–H groups in total. The summed E-state index contributed by atoms with van der Waals surface area (Å²) in [5.74, 6) is 0. The summed E-state index contributed by atoms with van der Waals surface area (Å²) in [5, 5.41) is 0. The number of aromatic nitrogens is 1. The molecule has 0 saturated carbocycles. The van der Waals surface area contributed by atoms with Gasteiger partial charge in [-0.1, -0.05) is 18.2 Å². The van der Waals surface area contributed by atoms with E-state index in [2.05, 4.69) is 0 Å². The molecule has 0 radical (unpaired) electrons. The number of benzene rings is 2. The number of nitrogens with two attached hydrogens (primary N) is 1. The van der Waals surface area contributed by atoms with Gasteiger partial charge in [-0.25, -0.2) is 0 Å². The van der Waals surface area contributed by atoms with E-state index in [1.807, 2.05) is 6.07 Å². The maximum absolute atomic E-state index is 12.1. The Kier molecular flexibility index (Phi) is 1.71. The van der Waals surface area contributed by atoms with E-state index in [0.29, 0.717) is 27.9 Å². The maximum atomic E-state index is 12.1. The summed E-state index contributed by atoms with van der Waals surface area (Å²) in [6.07, 6.45) is 0. The first-order chi connectivity index (χ1) is 7.77. The first-order valence-electron chi connectivity index (χ1n) is 4.90. The summed E-state index contributed by atoms with van der Waals surface area (Å²) < 4.78 is 6.42. The van der Waals surface area contributed by atoms with E-state index in [4.69, 9.17) is 10.2 Å². The normalized spacial score (nSPS) is 11.0. The van der Waals surface area contributed by atoms with Gasteiger partial charge in [-0.15, -0.1) is 0 Å². The van der Waals surface area contributed by atoms with Crippen molar-refractivity contribution in [1.82, 2.24) is 0 Å². The van der Waals surface area contributed by atoms with Crippen molar-refractivity contribution in [3.8, 4) is 0 Å². The van der Waals surface area contributed by atoms with Crippen LogP contribution < -0.4 is 10.2 Å². The Morgan fingerprint density at radius 2 is 1.75 bits per heavy atom. The van der Waals surface area contributed by atoms with Crippen molar-refractivity contribution >= 4 is 27.9 Å². The molecule has 0 bridgehead atoms. The van der Waals surface area contributed by atoms with Gasteiger partial charge < -0.3 is 10.2 Å². The van der Waals surface area contributed by atoms with Gasteiger partial charge in [-0.05, 0) is 18.2 Å². The Bertz CT molecular complexity index is 747. The summed E-state index contributed by atoms with van der Waals surface area (Å²) in [5.41, 5.74) is 8.09. The van der Waals surface area contributed by atoms with Crippen LogP contribution in [0, 0.1) is 4.91 Å². The molecule has 0 unspecified atom stereocenters. The molecular formula is C12H9N2O2+. The van der Waals surface area contributed by atoms with Crippen molar-refractivity contribution in [2.45, 2.75) is 0 Å².